The van der Waals surface area contributed by atoms with Gasteiger partial charge in [-0.1, -0.05) is 13.8 Å². The Morgan fingerprint density at radius 3 is 2.62 bits per heavy atom. The van der Waals surface area contributed by atoms with Crippen molar-refractivity contribution < 1.29 is 18.3 Å². The maximum atomic E-state index is 12.0. The lowest BCUT2D eigenvalue weighted by atomic mass is 9.46. The zero-order valence-corrected chi connectivity index (χ0v) is 9.71. The Hall–Kier alpha value is -0.670. The summed E-state index contributed by atoms with van der Waals surface area (Å²) in [6.45, 7) is 4.63. The number of hydrogen-bond donors (Lipinski definition) is 0. The molecule has 0 aromatic carbocycles. The highest BCUT2D eigenvalue weighted by molar-refractivity contribution is 5.72. The van der Waals surface area contributed by atoms with E-state index in [1.807, 2.05) is 0 Å². The Kier molecular flexibility index (Phi) is 2.93. The molecule has 3 aliphatic carbocycles. The average molecular weight is 232 g/mol. The van der Waals surface area contributed by atoms with E-state index in [4.69, 9.17) is 0 Å². The van der Waals surface area contributed by atoms with Crippen LogP contribution in [-0.2, 0) is 9.53 Å². The number of carbonyl (C=O) groups is 1. The molecule has 92 valence electrons. The molecule has 0 heterocycles. The van der Waals surface area contributed by atoms with Gasteiger partial charge in [-0.2, -0.15) is 8.78 Å². The fourth-order valence-electron chi connectivity index (χ4n) is 3.41. The molecule has 3 atom stereocenters. The molecule has 16 heavy (non-hydrogen) atoms. The second-order valence-corrected chi connectivity index (χ2v) is 5.63. The van der Waals surface area contributed by atoms with Crippen molar-refractivity contribution in [3.63, 3.8) is 0 Å². The molecule has 0 saturated heterocycles. The van der Waals surface area contributed by atoms with Crippen molar-refractivity contribution in [2.45, 2.75) is 39.5 Å². The number of halogens is 2. The van der Waals surface area contributed by atoms with Gasteiger partial charge in [0.2, 0.25) is 0 Å². The van der Waals surface area contributed by atoms with Gasteiger partial charge in [-0.3, -0.25) is 0 Å². The zero-order chi connectivity index (χ0) is 11.9. The van der Waals surface area contributed by atoms with Crippen LogP contribution in [0.1, 0.15) is 33.1 Å². The smallest absolute Gasteiger partial charge is 0.373 e. The van der Waals surface area contributed by atoms with Crippen LogP contribution in [0, 0.1) is 23.2 Å². The van der Waals surface area contributed by atoms with Gasteiger partial charge < -0.3 is 4.74 Å². The first kappa shape index (κ1) is 11.8. The standard InChI is InChI=1S/C12H18F2O2/c1-12(2)8-4-3-7(9(12)5-8)6-16-11(15)10(13)14/h7-10H,3-6H2,1-2H3. The van der Waals surface area contributed by atoms with Crippen molar-refractivity contribution in [2.24, 2.45) is 23.2 Å². The first-order chi connectivity index (χ1) is 7.43. The molecule has 3 unspecified atom stereocenters. The van der Waals surface area contributed by atoms with Gasteiger partial charge in [0.1, 0.15) is 0 Å². The van der Waals surface area contributed by atoms with Crippen LogP contribution < -0.4 is 0 Å². The number of carbonyl (C=O) groups excluding carboxylic acids is 1. The third-order valence-electron chi connectivity index (χ3n) is 4.62. The van der Waals surface area contributed by atoms with Crippen LogP contribution >= 0.6 is 0 Å². The molecular formula is C12H18F2O2. The van der Waals surface area contributed by atoms with Crippen molar-refractivity contribution in [2.75, 3.05) is 6.61 Å². The van der Waals surface area contributed by atoms with Gasteiger partial charge in [-0.15, -0.1) is 0 Å². The van der Waals surface area contributed by atoms with Crippen molar-refractivity contribution in [1.82, 2.24) is 0 Å². The summed E-state index contributed by atoms with van der Waals surface area (Å²) < 4.78 is 28.6. The maximum absolute atomic E-state index is 12.0. The van der Waals surface area contributed by atoms with Gasteiger partial charge in [0.25, 0.3) is 0 Å². The Balaban J connectivity index is 1.85. The number of esters is 1. The summed E-state index contributed by atoms with van der Waals surface area (Å²) in [4.78, 5) is 10.7. The molecule has 0 N–H and O–H groups in total. The Morgan fingerprint density at radius 2 is 2.12 bits per heavy atom. The molecule has 2 nitrogen and oxygen atoms in total. The highest BCUT2D eigenvalue weighted by atomic mass is 19.3. The van der Waals surface area contributed by atoms with Crippen LogP contribution in [0.4, 0.5) is 8.78 Å². The summed E-state index contributed by atoms with van der Waals surface area (Å²) in [6, 6.07) is 0. The van der Waals surface area contributed by atoms with Gasteiger partial charge in [0.15, 0.2) is 0 Å². The van der Waals surface area contributed by atoms with E-state index in [0.29, 0.717) is 11.3 Å². The molecule has 2 bridgehead atoms. The summed E-state index contributed by atoms with van der Waals surface area (Å²) in [5, 5.41) is 0. The van der Waals surface area contributed by atoms with E-state index >= 15 is 0 Å². The minimum atomic E-state index is -2.99. The SMILES string of the molecule is CC1(C)C2CCC(COC(=O)C(F)F)C1C2. The molecule has 4 heteroatoms. The van der Waals surface area contributed by atoms with Crippen molar-refractivity contribution >= 4 is 5.97 Å². The lowest BCUT2D eigenvalue weighted by Crippen LogP contribution is -2.53. The van der Waals surface area contributed by atoms with Gasteiger partial charge in [0.05, 0.1) is 6.61 Å². The summed E-state index contributed by atoms with van der Waals surface area (Å²) in [5.74, 6) is 0.221. The zero-order valence-electron chi connectivity index (χ0n) is 9.71. The minimum Gasteiger partial charge on any atom is -0.461 e. The Bertz CT molecular complexity index is 287. The molecule has 0 amide bonds. The van der Waals surface area contributed by atoms with Crippen LogP contribution in [0.2, 0.25) is 0 Å². The third kappa shape index (κ3) is 1.82. The Morgan fingerprint density at radius 1 is 1.44 bits per heavy atom. The van der Waals surface area contributed by atoms with Crippen LogP contribution in [0.3, 0.4) is 0 Å². The maximum Gasteiger partial charge on any atom is 0.373 e. The largest absolute Gasteiger partial charge is 0.461 e. The number of fused-ring (bicyclic) bond motifs is 2. The van der Waals surface area contributed by atoms with Crippen molar-refractivity contribution in [3.8, 4) is 0 Å². The van der Waals surface area contributed by atoms with E-state index in [2.05, 4.69) is 18.6 Å². The first-order valence-corrected chi connectivity index (χ1v) is 5.87. The predicted molar refractivity (Wildman–Crippen MR) is 55.1 cm³/mol. The third-order valence-corrected chi connectivity index (χ3v) is 4.62. The monoisotopic (exact) mass is 232 g/mol. The van der Waals surface area contributed by atoms with E-state index in [1.54, 1.807) is 0 Å². The van der Waals surface area contributed by atoms with E-state index < -0.39 is 12.4 Å². The molecular weight excluding hydrogens is 214 g/mol. The van der Waals surface area contributed by atoms with Crippen LogP contribution in [0.15, 0.2) is 0 Å². The number of hydrogen-bond acceptors (Lipinski definition) is 2. The summed E-state index contributed by atoms with van der Waals surface area (Å²) in [6.07, 6.45) is 0.324. The number of alkyl halides is 2. The van der Waals surface area contributed by atoms with Crippen LogP contribution in [-0.4, -0.2) is 19.0 Å². The second kappa shape index (κ2) is 3.97. The van der Waals surface area contributed by atoms with Crippen LogP contribution in [0.25, 0.3) is 0 Å². The van der Waals surface area contributed by atoms with Gasteiger partial charge in [0, 0.05) is 0 Å². The predicted octanol–water partition coefficient (Wildman–Crippen LogP) is 2.87. The van der Waals surface area contributed by atoms with Gasteiger partial charge >= 0.3 is 12.4 Å². The summed E-state index contributed by atoms with van der Waals surface area (Å²) in [7, 11) is 0. The summed E-state index contributed by atoms with van der Waals surface area (Å²) >= 11 is 0. The summed E-state index contributed by atoms with van der Waals surface area (Å²) in [5.41, 5.74) is 0.306. The fourth-order valence-corrected chi connectivity index (χ4v) is 3.41. The first-order valence-electron chi connectivity index (χ1n) is 5.87. The molecule has 3 saturated carbocycles. The number of rotatable bonds is 3. The lowest BCUT2D eigenvalue weighted by molar-refractivity contribution is -0.166. The topological polar surface area (TPSA) is 26.3 Å². The highest BCUT2D eigenvalue weighted by Crippen LogP contribution is 2.61. The Labute approximate surface area is 94.3 Å². The second-order valence-electron chi connectivity index (χ2n) is 5.63. The number of ether oxygens (including phenoxy) is 1. The molecule has 0 radical (unpaired) electrons. The molecule has 3 rings (SSSR count). The minimum absolute atomic E-state index is 0.171. The van der Waals surface area contributed by atoms with E-state index in [9.17, 15) is 13.6 Å². The molecule has 0 aromatic heterocycles. The normalized spacial score (nSPS) is 35.7. The van der Waals surface area contributed by atoms with E-state index in [0.717, 1.165) is 18.8 Å². The molecule has 0 aliphatic heterocycles. The van der Waals surface area contributed by atoms with Gasteiger partial charge in [-0.25, -0.2) is 4.79 Å². The molecule has 0 aromatic rings. The molecule has 0 spiro atoms. The van der Waals surface area contributed by atoms with E-state index in [1.165, 1.54) is 6.42 Å². The van der Waals surface area contributed by atoms with Crippen LogP contribution in [0.5, 0.6) is 0 Å². The molecule has 3 aliphatic rings. The average Bonchev–Trinajstić information content (AvgIpc) is 2.25. The van der Waals surface area contributed by atoms with Crippen molar-refractivity contribution in [3.05, 3.63) is 0 Å². The van der Waals surface area contributed by atoms with Gasteiger partial charge in [-0.05, 0) is 42.4 Å². The fraction of sp³-hybridized carbons (Fsp3) is 0.917. The van der Waals surface area contributed by atoms with Crippen molar-refractivity contribution in [1.29, 1.82) is 0 Å². The quantitative estimate of drug-likeness (QED) is 0.699. The van der Waals surface area contributed by atoms with E-state index in [-0.39, 0.29) is 12.5 Å². The highest BCUT2D eigenvalue weighted by Gasteiger charge is 2.54. The lowest BCUT2D eigenvalue weighted by Gasteiger charge is -2.60. The molecule has 3 fully saturated rings.